The van der Waals surface area contributed by atoms with Gasteiger partial charge in [-0.05, 0) is 116 Å². The molecule has 1 heterocycles. The molecule has 0 radical (unpaired) electrons. The molecule has 0 aromatic heterocycles. The molecular weight excluding hydrogens is 997 g/mol. The summed E-state index contributed by atoms with van der Waals surface area (Å²) < 4.78 is 28.4. The van der Waals surface area contributed by atoms with Gasteiger partial charge in [0, 0.05) is 19.3 Å². The second-order valence-corrected chi connectivity index (χ2v) is 20.6. The number of carbonyl (C=O) groups is 4. The van der Waals surface area contributed by atoms with E-state index in [4.69, 9.17) is 23.7 Å². The number of carbonyl (C=O) groups excluding carboxylic acids is 3. The Morgan fingerprint density at radius 1 is 0.430 bits per heavy atom. The molecule has 79 heavy (non-hydrogen) atoms. The standard InChI is InChI=1S/C67H108O12/c1-4-7-10-13-16-19-22-25-27-29-30-32-33-36-38-41-44-47-50-53-59(68)75-56-58(77-60(69)54-51-48-45-42-40-37-34-31-28-26-23-20-17-14-11-8-5-2)57-76-67-65(63(72)62(71)64(79-67)66(73)74)78-61(70)55-52-49-46-43-39-35-24-21-18-15-12-9-6-3/h7-8,10-12,15-17,19-21,24-28,30,32,58,62-65,67,71-72H,4-6,9,13-14,18,22-23,29,31,33-57H2,1-3H3,(H,73,74)/b10-7-,11-8-,15-12-,19-16-,20-17-,24-21-,27-25-,28-26-,32-30-. The molecule has 12 nitrogen and oxygen atoms in total. The summed E-state index contributed by atoms with van der Waals surface area (Å²) in [5.41, 5.74) is 0. The predicted molar refractivity (Wildman–Crippen MR) is 321 cm³/mol. The molecule has 0 saturated carbocycles. The van der Waals surface area contributed by atoms with Gasteiger partial charge in [-0.2, -0.15) is 0 Å². The Morgan fingerprint density at radius 2 is 0.797 bits per heavy atom. The van der Waals surface area contributed by atoms with E-state index in [9.17, 15) is 34.5 Å². The maximum absolute atomic E-state index is 13.2. The van der Waals surface area contributed by atoms with Crippen molar-refractivity contribution in [3.8, 4) is 0 Å². The molecule has 0 aromatic rings. The van der Waals surface area contributed by atoms with E-state index in [0.29, 0.717) is 19.3 Å². The van der Waals surface area contributed by atoms with Gasteiger partial charge in [0.25, 0.3) is 0 Å². The lowest BCUT2D eigenvalue weighted by atomic mass is 9.98. The number of hydrogen-bond acceptors (Lipinski definition) is 11. The molecule has 0 aliphatic carbocycles. The van der Waals surface area contributed by atoms with E-state index < -0.39 is 67.3 Å². The van der Waals surface area contributed by atoms with Crippen LogP contribution in [0.3, 0.4) is 0 Å². The van der Waals surface area contributed by atoms with E-state index in [1.807, 2.05) is 0 Å². The van der Waals surface area contributed by atoms with E-state index in [2.05, 4.69) is 130 Å². The Bertz CT molecular complexity index is 1790. The molecule has 1 saturated heterocycles. The number of unbranched alkanes of at least 4 members (excludes halogenated alkanes) is 19. The van der Waals surface area contributed by atoms with E-state index in [0.717, 1.165) is 180 Å². The normalized spacial score (nSPS) is 18.6. The van der Waals surface area contributed by atoms with Crippen LogP contribution in [0.2, 0.25) is 0 Å². The monoisotopic (exact) mass is 1100 g/mol. The Labute approximate surface area is 478 Å². The summed E-state index contributed by atoms with van der Waals surface area (Å²) in [7, 11) is 0. The summed E-state index contributed by atoms with van der Waals surface area (Å²) in [4.78, 5) is 51.2. The molecule has 1 aliphatic rings. The lowest BCUT2D eigenvalue weighted by Crippen LogP contribution is -2.61. The SMILES string of the molecule is CC/C=C\C/C=C\C/C=C\C/C=C\CCCCCCCCC(=O)OCC(COC1OC(C(=O)O)C(O)C(O)C1OC(=O)CCCCCCC/C=C\C/C=C\CCC)OC(=O)CCCCCCCCC/C=C\C/C=C\C/C=C\CC. The second kappa shape index (κ2) is 54.0. The van der Waals surface area contributed by atoms with Crippen LogP contribution in [-0.4, -0.2) is 89.2 Å². The van der Waals surface area contributed by atoms with Gasteiger partial charge >= 0.3 is 23.9 Å². The summed E-state index contributed by atoms with van der Waals surface area (Å²) >= 11 is 0. The topological polar surface area (TPSA) is 175 Å². The fraction of sp³-hybridized carbons (Fsp3) is 0.672. The number of esters is 3. The third kappa shape index (κ3) is 43.8. The van der Waals surface area contributed by atoms with E-state index in [1.165, 1.54) is 0 Å². The third-order valence-corrected chi connectivity index (χ3v) is 13.3. The quantitative estimate of drug-likeness (QED) is 0.0228. The molecule has 1 aliphatic heterocycles. The van der Waals surface area contributed by atoms with Crippen LogP contribution in [0.5, 0.6) is 0 Å². The minimum absolute atomic E-state index is 0.0367. The zero-order valence-corrected chi connectivity index (χ0v) is 49.3. The van der Waals surface area contributed by atoms with Gasteiger partial charge in [0.2, 0.25) is 0 Å². The number of aliphatic hydroxyl groups excluding tert-OH is 2. The highest BCUT2D eigenvalue weighted by atomic mass is 16.7. The van der Waals surface area contributed by atoms with Crippen LogP contribution in [0.15, 0.2) is 109 Å². The van der Waals surface area contributed by atoms with Crippen LogP contribution < -0.4 is 0 Å². The van der Waals surface area contributed by atoms with Gasteiger partial charge in [-0.25, -0.2) is 4.79 Å². The van der Waals surface area contributed by atoms with Crippen molar-refractivity contribution in [3.05, 3.63) is 109 Å². The molecule has 3 N–H and O–H groups in total. The van der Waals surface area contributed by atoms with Gasteiger partial charge in [0.15, 0.2) is 24.6 Å². The van der Waals surface area contributed by atoms with Gasteiger partial charge in [-0.15, -0.1) is 0 Å². The number of aliphatic hydroxyl groups is 2. The number of allylic oxidation sites excluding steroid dienone is 18. The van der Waals surface area contributed by atoms with Crippen LogP contribution in [0, 0.1) is 0 Å². The van der Waals surface area contributed by atoms with Gasteiger partial charge in [0.05, 0.1) is 6.61 Å². The molecule has 6 atom stereocenters. The molecule has 6 unspecified atom stereocenters. The molecular formula is C67H108O12. The number of carboxylic acids is 1. The average Bonchev–Trinajstić information content (AvgIpc) is 3.44. The Balaban J connectivity index is 2.70. The number of carboxylic acid groups (broad SMARTS) is 1. The van der Waals surface area contributed by atoms with E-state index in [1.54, 1.807) is 0 Å². The summed E-state index contributed by atoms with van der Waals surface area (Å²) in [6, 6.07) is 0. The molecule has 448 valence electrons. The van der Waals surface area contributed by atoms with E-state index >= 15 is 0 Å². The first-order valence-electron chi connectivity index (χ1n) is 30.9. The van der Waals surface area contributed by atoms with Crippen LogP contribution in [0.4, 0.5) is 0 Å². The van der Waals surface area contributed by atoms with Crippen molar-refractivity contribution >= 4 is 23.9 Å². The van der Waals surface area contributed by atoms with Crippen molar-refractivity contribution in [2.45, 2.75) is 276 Å². The Hall–Kier alpha value is -4.62. The molecule has 0 bridgehead atoms. The van der Waals surface area contributed by atoms with Crippen LogP contribution in [-0.2, 0) is 42.9 Å². The molecule has 1 fully saturated rings. The largest absolute Gasteiger partial charge is 0.479 e. The maximum atomic E-state index is 13.2. The lowest BCUT2D eigenvalue weighted by molar-refractivity contribution is -0.301. The van der Waals surface area contributed by atoms with Crippen molar-refractivity contribution in [1.29, 1.82) is 0 Å². The van der Waals surface area contributed by atoms with Gasteiger partial charge in [-0.3, -0.25) is 14.4 Å². The first-order chi connectivity index (χ1) is 38.6. The van der Waals surface area contributed by atoms with Crippen molar-refractivity contribution in [3.63, 3.8) is 0 Å². The van der Waals surface area contributed by atoms with Gasteiger partial charge in [0.1, 0.15) is 18.8 Å². The smallest absolute Gasteiger partial charge is 0.335 e. The average molecular weight is 1110 g/mol. The molecule has 0 amide bonds. The molecule has 0 aromatic carbocycles. The minimum atomic E-state index is -1.92. The van der Waals surface area contributed by atoms with Gasteiger partial charge < -0.3 is 39.0 Å². The summed E-state index contributed by atoms with van der Waals surface area (Å²) in [6.45, 7) is 5.68. The highest BCUT2D eigenvalue weighted by molar-refractivity contribution is 5.74. The minimum Gasteiger partial charge on any atom is -0.479 e. The summed E-state index contributed by atoms with van der Waals surface area (Å²) in [5.74, 6) is -3.18. The first kappa shape index (κ1) is 72.4. The maximum Gasteiger partial charge on any atom is 0.335 e. The molecule has 1 rings (SSSR count). The first-order valence-corrected chi connectivity index (χ1v) is 30.9. The number of hydrogen-bond donors (Lipinski definition) is 3. The number of aliphatic carboxylic acids is 1. The van der Waals surface area contributed by atoms with Crippen LogP contribution in [0.1, 0.15) is 239 Å². The molecule has 12 heteroatoms. The van der Waals surface area contributed by atoms with Crippen LogP contribution >= 0.6 is 0 Å². The Morgan fingerprint density at radius 3 is 1.22 bits per heavy atom. The highest BCUT2D eigenvalue weighted by Gasteiger charge is 2.50. The lowest BCUT2D eigenvalue weighted by Gasteiger charge is -2.40. The van der Waals surface area contributed by atoms with Crippen molar-refractivity contribution in [2.75, 3.05) is 13.2 Å². The zero-order chi connectivity index (χ0) is 57.5. The Kier molecular flexibility index (Phi) is 49.5. The highest BCUT2D eigenvalue weighted by Crippen LogP contribution is 2.26. The summed E-state index contributed by atoms with van der Waals surface area (Å²) in [6.07, 6.45) is 60.5. The van der Waals surface area contributed by atoms with Crippen LogP contribution in [0.25, 0.3) is 0 Å². The summed E-state index contributed by atoms with van der Waals surface area (Å²) in [5, 5.41) is 31.5. The van der Waals surface area contributed by atoms with Gasteiger partial charge in [-0.1, -0.05) is 214 Å². The van der Waals surface area contributed by atoms with E-state index in [-0.39, 0.29) is 25.9 Å². The molecule has 0 spiro atoms. The zero-order valence-electron chi connectivity index (χ0n) is 49.3. The fourth-order valence-electron chi connectivity index (χ4n) is 8.65. The van der Waals surface area contributed by atoms with Crippen molar-refractivity contribution in [1.82, 2.24) is 0 Å². The number of rotatable bonds is 51. The predicted octanol–water partition coefficient (Wildman–Crippen LogP) is 16.2. The third-order valence-electron chi connectivity index (χ3n) is 13.3. The number of ether oxygens (including phenoxy) is 5. The van der Waals surface area contributed by atoms with Crippen molar-refractivity contribution < 1.29 is 58.2 Å². The van der Waals surface area contributed by atoms with Crippen molar-refractivity contribution in [2.24, 2.45) is 0 Å². The second-order valence-electron chi connectivity index (χ2n) is 20.6. The fourth-order valence-corrected chi connectivity index (χ4v) is 8.65.